The molecule has 2 heterocycles. The summed E-state index contributed by atoms with van der Waals surface area (Å²) >= 11 is 0. The molecule has 1 amide bonds. The monoisotopic (exact) mass is 408 g/mol. The second-order valence-electron chi connectivity index (χ2n) is 8.84. The third-order valence-electron chi connectivity index (χ3n) is 6.74. The smallest absolute Gasteiger partial charge is 0.353 e. The van der Waals surface area contributed by atoms with Crippen molar-refractivity contribution in [3.05, 3.63) is 34.8 Å². The van der Waals surface area contributed by atoms with Gasteiger partial charge in [0.2, 0.25) is 5.91 Å². The third kappa shape index (κ3) is 3.73. The number of halogens is 3. The Labute approximate surface area is 169 Å². The molecule has 0 aromatic heterocycles. The molecular weight excluding hydrogens is 381 g/mol. The minimum Gasteiger partial charge on any atom is -0.353 e. The lowest BCUT2D eigenvalue weighted by Gasteiger charge is -2.52. The summed E-state index contributed by atoms with van der Waals surface area (Å²) in [5.41, 5.74) is 4.22. The maximum Gasteiger partial charge on any atom is 0.424 e. The van der Waals surface area contributed by atoms with Gasteiger partial charge in [0.1, 0.15) is 11.3 Å². The molecule has 0 unspecified atom stereocenters. The zero-order valence-electron chi connectivity index (χ0n) is 16.8. The van der Waals surface area contributed by atoms with Gasteiger partial charge in [0, 0.05) is 30.5 Å². The SMILES string of the molecule is CC(C)[C@H]1CO[C@]23CC[C@@H](NCC4=C=C=C(C(F)(F)F)C=C4)C[C@H]2CCC(=O)N13. The van der Waals surface area contributed by atoms with Crippen LogP contribution in [-0.2, 0) is 9.53 Å². The van der Waals surface area contributed by atoms with Crippen molar-refractivity contribution in [2.75, 3.05) is 13.2 Å². The number of carbonyl (C=O) groups excluding carboxylic acids is 1. The lowest BCUT2D eigenvalue weighted by molar-refractivity contribution is -0.188. The summed E-state index contributed by atoms with van der Waals surface area (Å²) in [6.07, 6.45) is 2.07. The van der Waals surface area contributed by atoms with Crippen molar-refractivity contribution in [2.24, 2.45) is 11.8 Å². The van der Waals surface area contributed by atoms with Crippen LogP contribution < -0.4 is 5.32 Å². The molecule has 158 valence electrons. The number of hydrogen-bond acceptors (Lipinski definition) is 3. The van der Waals surface area contributed by atoms with E-state index in [1.54, 1.807) is 0 Å². The van der Waals surface area contributed by atoms with Crippen LogP contribution in [0.25, 0.3) is 0 Å². The summed E-state index contributed by atoms with van der Waals surface area (Å²) < 4.78 is 44.3. The summed E-state index contributed by atoms with van der Waals surface area (Å²) in [5, 5.41) is 3.46. The number of rotatable bonds is 4. The van der Waals surface area contributed by atoms with Crippen LogP contribution in [0.4, 0.5) is 13.2 Å². The molecule has 2 aliphatic carbocycles. The van der Waals surface area contributed by atoms with Crippen molar-refractivity contribution >= 4 is 5.91 Å². The molecular formula is C22H27F3N2O2. The van der Waals surface area contributed by atoms with E-state index in [-0.39, 0.29) is 18.0 Å². The topological polar surface area (TPSA) is 41.6 Å². The van der Waals surface area contributed by atoms with E-state index >= 15 is 0 Å². The molecule has 2 aliphatic heterocycles. The normalized spacial score (nSPS) is 34.2. The number of amides is 1. The first-order chi connectivity index (χ1) is 13.7. The quantitative estimate of drug-likeness (QED) is 0.719. The number of nitrogens with one attached hydrogen (secondary N) is 1. The summed E-state index contributed by atoms with van der Waals surface area (Å²) in [4.78, 5) is 14.7. The Hall–Kier alpha value is -1.78. The molecule has 1 N–H and O–H groups in total. The first-order valence-electron chi connectivity index (χ1n) is 10.4. The van der Waals surface area contributed by atoms with Crippen LogP contribution >= 0.6 is 0 Å². The fourth-order valence-electron chi connectivity index (χ4n) is 5.16. The zero-order chi connectivity index (χ0) is 20.8. The minimum absolute atomic E-state index is 0.145. The van der Waals surface area contributed by atoms with Gasteiger partial charge in [0.25, 0.3) is 0 Å². The molecule has 4 atom stereocenters. The van der Waals surface area contributed by atoms with E-state index in [0.717, 1.165) is 31.8 Å². The Kier molecular flexibility index (Phi) is 5.28. The van der Waals surface area contributed by atoms with Gasteiger partial charge in [-0.3, -0.25) is 4.79 Å². The van der Waals surface area contributed by atoms with Crippen molar-refractivity contribution in [1.82, 2.24) is 10.2 Å². The van der Waals surface area contributed by atoms with E-state index in [9.17, 15) is 18.0 Å². The number of piperidine rings is 1. The summed E-state index contributed by atoms with van der Waals surface area (Å²) in [5.74, 6) is 0.858. The Morgan fingerprint density at radius 3 is 2.76 bits per heavy atom. The van der Waals surface area contributed by atoms with Crippen molar-refractivity contribution in [2.45, 2.75) is 69.9 Å². The van der Waals surface area contributed by atoms with E-state index in [2.05, 4.69) is 30.6 Å². The lowest BCUT2D eigenvalue weighted by Crippen LogP contribution is -2.62. The van der Waals surface area contributed by atoms with Gasteiger partial charge in [-0.15, -0.1) is 0 Å². The van der Waals surface area contributed by atoms with Gasteiger partial charge >= 0.3 is 6.18 Å². The van der Waals surface area contributed by atoms with Crippen molar-refractivity contribution in [3.63, 3.8) is 0 Å². The van der Waals surface area contributed by atoms with Crippen molar-refractivity contribution in [1.29, 1.82) is 0 Å². The van der Waals surface area contributed by atoms with Crippen LogP contribution in [0.3, 0.4) is 0 Å². The predicted octanol–water partition coefficient (Wildman–Crippen LogP) is 3.86. The Morgan fingerprint density at radius 1 is 1.31 bits per heavy atom. The molecule has 3 fully saturated rings. The average molecular weight is 408 g/mol. The average Bonchev–Trinajstić information content (AvgIpc) is 3.07. The highest BCUT2D eigenvalue weighted by atomic mass is 19.4. The molecule has 2 saturated heterocycles. The van der Waals surface area contributed by atoms with Gasteiger partial charge < -0.3 is 15.0 Å². The third-order valence-corrected chi connectivity index (χ3v) is 6.74. The van der Waals surface area contributed by atoms with Crippen LogP contribution in [0.1, 0.15) is 46.0 Å². The van der Waals surface area contributed by atoms with E-state index in [0.29, 0.717) is 37.0 Å². The molecule has 4 aliphatic rings. The van der Waals surface area contributed by atoms with Crippen molar-refractivity contribution < 1.29 is 22.7 Å². The van der Waals surface area contributed by atoms with Gasteiger partial charge in [-0.25, -0.2) is 0 Å². The first-order valence-corrected chi connectivity index (χ1v) is 10.4. The second-order valence-corrected chi connectivity index (χ2v) is 8.84. The van der Waals surface area contributed by atoms with Gasteiger partial charge in [-0.05, 0) is 43.8 Å². The fourth-order valence-corrected chi connectivity index (χ4v) is 5.16. The molecule has 29 heavy (non-hydrogen) atoms. The van der Waals surface area contributed by atoms with Gasteiger partial charge in [0.15, 0.2) is 0 Å². The van der Waals surface area contributed by atoms with Gasteiger partial charge in [0.05, 0.1) is 12.6 Å². The highest BCUT2D eigenvalue weighted by Crippen LogP contribution is 2.50. The van der Waals surface area contributed by atoms with E-state index in [1.165, 1.54) is 6.08 Å². The van der Waals surface area contributed by atoms with Gasteiger partial charge in [-0.2, -0.15) is 13.2 Å². The number of allylic oxidation sites excluding steroid dienone is 2. The van der Waals surface area contributed by atoms with Crippen LogP contribution in [0.15, 0.2) is 34.8 Å². The zero-order valence-corrected chi connectivity index (χ0v) is 16.8. The Morgan fingerprint density at radius 2 is 2.10 bits per heavy atom. The molecule has 0 aromatic rings. The molecule has 0 radical (unpaired) electrons. The Bertz CT molecular complexity index is 818. The second kappa shape index (κ2) is 7.48. The summed E-state index contributed by atoms with van der Waals surface area (Å²) in [7, 11) is 0. The number of alkyl halides is 3. The summed E-state index contributed by atoms with van der Waals surface area (Å²) in [6.45, 7) is 5.33. The van der Waals surface area contributed by atoms with Gasteiger partial charge in [-0.1, -0.05) is 25.3 Å². The number of ether oxygens (including phenoxy) is 1. The molecule has 4 nitrogen and oxygen atoms in total. The van der Waals surface area contributed by atoms with Crippen LogP contribution in [0.2, 0.25) is 0 Å². The highest BCUT2D eigenvalue weighted by molar-refractivity contribution is 5.78. The minimum atomic E-state index is -4.39. The number of carbonyl (C=O) groups is 1. The molecule has 0 bridgehead atoms. The first kappa shape index (κ1) is 20.5. The van der Waals surface area contributed by atoms with Crippen LogP contribution in [-0.4, -0.2) is 47.9 Å². The lowest BCUT2D eigenvalue weighted by atomic mass is 9.72. The maximum atomic E-state index is 12.7. The number of nitrogens with zero attached hydrogens (tertiary/aromatic N) is 1. The summed E-state index contributed by atoms with van der Waals surface area (Å²) in [6, 6.07) is 0.394. The molecule has 0 aromatic carbocycles. The number of hydrogen-bond donors (Lipinski definition) is 1. The Balaban J connectivity index is 1.42. The van der Waals surface area contributed by atoms with E-state index < -0.39 is 17.5 Å². The standard InChI is InChI=1S/C22H27F3N2O2/c1-14(2)19-13-29-21-10-9-18(11-17(21)7-8-20(28)27(19)21)26-12-15-3-5-16(6-4-15)22(23,24)25/h3,5,14,17-19,26H,7-13H2,1-2H3/t17-,18-,19-,21-/m1/s1. The van der Waals surface area contributed by atoms with E-state index in [1.807, 2.05) is 4.90 Å². The predicted molar refractivity (Wildman–Crippen MR) is 102 cm³/mol. The van der Waals surface area contributed by atoms with E-state index in [4.69, 9.17) is 4.74 Å². The maximum absolute atomic E-state index is 12.7. The fraction of sp³-hybridized carbons (Fsp3) is 0.682. The van der Waals surface area contributed by atoms with Crippen LogP contribution in [0, 0.1) is 11.8 Å². The largest absolute Gasteiger partial charge is 0.424 e. The molecule has 4 rings (SSSR count). The highest BCUT2D eigenvalue weighted by Gasteiger charge is 2.59. The van der Waals surface area contributed by atoms with Crippen molar-refractivity contribution in [3.8, 4) is 0 Å². The molecule has 1 spiro atoms. The van der Waals surface area contributed by atoms with Crippen LogP contribution in [0.5, 0.6) is 0 Å². The molecule has 7 heteroatoms. The molecule has 1 saturated carbocycles.